The number of anilines is 2. The lowest BCUT2D eigenvalue weighted by Gasteiger charge is -2.32. The van der Waals surface area contributed by atoms with Crippen LogP contribution in [0.1, 0.15) is 42.4 Å². The Morgan fingerprint density at radius 2 is 1.67 bits per heavy atom. The molecular formula is C23H20F4N4OS. The molecule has 2 amide bonds. The molecule has 5 nitrogen and oxygen atoms in total. The average Bonchev–Trinajstić information content (AvgIpc) is 3.09. The van der Waals surface area contributed by atoms with Crippen LogP contribution in [0, 0.1) is 17.1 Å². The number of nitrogens with one attached hydrogen (secondary N) is 1. The van der Waals surface area contributed by atoms with Gasteiger partial charge in [-0.3, -0.25) is 9.80 Å². The van der Waals surface area contributed by atoms with Gasteiger partial charge in [0, 0.05) is 24.0 Å². The molecule has 1 saturated carbocycles. The number of carbonyl (C=O) groups is 1. The smallest absolute Gasteiger partial charge is 0.379 e. The number of nitriles is 1. The Kier molecular flexibility index (Phi) is 6.01. The highest BCUT2D eigenvalue weighted by atomic mass is 32.1. The number of fused-ring (bicyclic) bond motifs is 1. The van der Waals surface area contributed by atoms with E-state index in [0.29, 0.717) is 18.5 Å². The van der Waals surface area contributed by atoms with Gasteiger partial charge >= 0.3 is 12.2 Å². The molecule has 1 N–H and O–H groups in total. The molecule has 2 aromatic carbocycles. The number of amides is 2. The summed E-state index contributed by atoms with van der Waals surface area (Å²) >= 11 is 5.09. The molecule has 2 atom stereocenters. The maximum absolute atomic E-state index is 14.7. The van der Waals surface area contributed by atoms with Gasteiger partial charge < -0.3 is 5.32 Å². The summed E-state index contributed by atoms with van der Waals surface area (Å²) in [5, 5.41) is 11.8. The lowest BCUT2D eigenvalue weighted by molar-refractivity contribution is -0.137. The number of alkyl halides is 3. The van der Waals surface area contributed by atoms with Crippen LogP contribution in [0.5, 0.6) is 0 Å². The quantitative estimate of drug-likeness (QED) is 0.478. The van der Waals surface area contributed by atoms with Gasteiger partial charge in [-0.05, 0) is 49.2 Å². The summed E-state index contributed by atoms with van der Waals surface area (Å²) in [4.78, 5) is 16.6. The Labute approximate surface area is 193 Å². The Morgan fingerprint density at radius 3 is 2.18 bits per heavy atom. The minimum Gasteiger partial charge on any atom is -0.379 e. The second-order valence-electron chi connectivity index (χ2n) is 8.02. The molecule has 1 aliphatic heterocycles. The van der Waals surface area contributed by atoms with E-state index in [0.717, 1.165) is 25.0 Å². The van der Waals surface area contributed by atoms with Crippen LogP contribution in [0.25, 0.3) is 0 Å². The lowest BCUT2D eigenvalue weighted by Crippen LogP contribution is -2.40. The molecule has 1 heterocycles. The topological polar surface area (TPSA) is 59.4 Å². The molecule has 0 spiro atoms. The zero-order valence-corrected chi connectivity index (χ0v) is 18.4. The van der Waals surface area contributed by atoms with E-state index in [-0.39, 0.29) is 28.3 Å². The van der Waals surface area contributed by atoms with E-state index in [2.05, 4.69) is 5.32 Å². The summed E-state index contributed by atoms with van der Waals surface area (Å²) in [5.74, 6) is -0.594. The van der Waals surface area contributed by atoms with Crippen molar-refractivity contribution in [3.05, 3.63) is 58.9 Å². The van der Waals surface area contributed by atoms with E-state index >= 15 is 0 Å². The van der Waals surface area contributed by atoms with E-state index in [1.54, 1.807) is 19.2 Å². The molecule has 172 valence electrons. The highest BCUT2D eigenvalue weighted by Crippen LogP contribution is 2.42. The average molecular weight is 476 g/mol. The van der Waals surface area contributed by atoms with Crippen LogP contribution in [0.4, 0.5) is 33.7 Å². The second kappa shape index (κ2) is 8.63. The predicted octanol–water partition coefficient (Wildman–Crippen LogP) is 5.37. The minimum absolute atomic E-state index is 0.0687. The van der Waals surface area contributed by atoms with Crippen LogP contribution in [-0.4, -0.2) is 30.2 Å². The molecule has 33 heavy (non-hydrogen) atoms. The molecule has 1 aliphatic carbocycles. The number of hydrogen-bond acceptors (Lipinski definition) is 3. The SMILES string of the molecule is CNC(=S)c1ccc(N2C(=O)N(c3ccc(C#N)c(C(F)(F)F)c3)C3CCCCC32)cc1F. The maximum atomic E-state index is 14.7. The van der Waals surface area contributed by atoms with Crippen LogP contribution in [0.3, 0.4) is 0 Å². The van der Waals surface area contributed by atoms with Gasteiger partial charge in [-0.25, -0.2) is 9.18 Å². The van der Waals surface area contributed by atoms with E-state index in [1.807, 2.05) is 0 Å². The van der Waals surface area contributed by atoms with Crippen LogP contribution in [0.2, 0.25) is 0 Å². The molecule has 4 rings (SSSR count). The highest BCUT2D eigenvalue weighted by Gasteiger charge is 2.48. The Hall–Kier alpha value is -3.19. The van der Waals surface area contributed by atoms with Crippen molar-refractivity contribution in [3.63, 3.8) is 0 Å². The van der Waals surface area contributed by atoms with Crippen LogP contribution < -0.4 is 15.1 Å². The largest absolute Gasteiger partial charge is 0.417 e. The molecule has 0 bridgehead atoms. The predicted molar refractivity (Wildman–Crippen MR) is 120 cm³/mol. The molecule has 1 saturated heterocycles. The van der Waals surface area contributed by atoms with Crippen molar-refractivity contribution >= 4 is 34.6 Å². The molecule has 0 radical (unpaired) electrons. The second-order valence-corrected chi connectivity index (χ2v) is 8.43. The lowest BCUT2D eigenvalue weighted by atomic mass is 9.89. The number of benzene rings is 2. The molecule has 2 aliphatic rings. The summed E-state index contributed by atoms with van der Waals surface area (Å²) < 4.78 is 55.3. The fourth-order valence-corrected chi connectivity index (χ4v) is 4.85. The normalized spacial score (nSPS) is 20.4. The molecule has 2 fully saturated rings. The monoisotopic (exact) mass is 476 g/mol. The molecule has 2 aromatic rings. The van der Waals surface area contributed by atoms with E-state index in [4.69, 9.17) is 17.5 Å². The van der Waals surface area contributed by atoms with Crippen molar-refractivity contribution in [2.24, 2.45) is 0 Å². The van der Waals surface area contributed by atoms with Gasteiger partial charge in [-0.1, -0.05) is 25.1 Å². The van der Waals surface area contributed by atoms with E-state index in [9.17, 15) is 22.4 Å². The van der Waals surface area contributed by atoms with Crippen molar-refractivity contribution in [1.82, 2.24) is 5.32 Å². The number of carbonyl (C=O) groups excluding carboxylic acids is 1. The summed E-state index contributed by atoms with van der Waals surface area (Å²) in [7, 11) is 1.58. The van der Waals surface area contributed by atoms with Gasteiger partial charge in [0.2, 0.25) is 0 Å². The van der Waals surface area contributed by atoms with Gasteiger partial charge in [0.1, 0.15) is 10.8 Å². The third-order valence-electron chi connectivity index (χ3n) is 6.18. The highest BCUT2D eigenvalue weighted by molar-refractivity contribution is 7.80. The first-order chi connectivity index (χ1) is 15.7. The fraction of sp³-hybridized carbons (Fsp3) is 0.348. The number of thiocarbonyl (C=S) groups is 1. The number of halogens is 4. The third-order valence-corrected chi connectivity index (χ3v) is 6.60. The maximum Gasteiger partial charge on any atom is 0.417 e. The van der Waals surface area contributed by atoms with Gasteiger partial charge in [0.15, 0.2) is 0 Å². The standard InChI is InChI=1S/C23H20F4N4OS/c1-29-21(33)16-9-8-15(11-18(16)24)31-20-5-3-2-4-19(20)30(22(31)32)14-7-6-13(12-28)17(10-14)23(25,26)27/h6-11,19-20H,2-5H2,1H3,(H,29,33). The molecule has 0 aromatic heterocycles. The van der Waals surface area contributed by atoms with Crippen LogP contribution in [0.15, 0.2) is 36.4 Å². The van der Waals surface area contributed by atoms with Gasteiger partial charge in [-0.2, -0.15) is 18.4 Å². The van der Waals surface area contributed by atoms with E-state index < -0.39 is 29.2 Å². The molecular weight excluding hydrogens is 456 g/mol. The summed E-state index contributed by atoms with van der Waals surface area (Å²) in [5.41, 5.74) is -1.00. The molecule has 10 heteroatoms. The first kappa shape index (κ1) is 23.0. The summed E-state index contributed by atoms with van der Waals surface area (Å²) in [6, 6.07) is 7.96. The Balaban J connectivity index is 1.77. The van der Waals surface area contributed by atoms with E-state index in [1.165, 1.54) is 28.0 Å². The number of rotatable bonds is 3. The number of hydrogen-bond donors (Lipinski definition) is 1. The zero-order valence-electron chi connectivity index (χ0n) is 17.6. The van der Waals surface area contributed by atoms with Gasteiger partial charge in [0.25, 0.3) is 0 Å². The van der Waals surface area contributed by atoms with Crippen molar-refractivity contribution in [2.45, 2.75) is 43.9 Å². The van der Waals surface area contributed by atoms with Crippen molar-refractivity contribution in [1.29, 1.82) is 5.26 Å². The first-order valence-corrected chi connectivity index (χ1v) is 10.8. The first-order valence-electron chi connectivity index (χ1n) is 10.4. The summed E-state index contributed by atoms with van der Waals surface area (Å²) in [6.45, 7) is 0. The third kappa shape index (κ3) is 4.02. The molecule has 2 unspecified atom stereocenters. The Bertz CT molecular complexity index is 1160. The van der Waals surface area contributed by atoms with Gasteiger partial charge in [-0.15, -0.1) is 0 Å². The van der Waals surface area contributed by atoms with Crippen molar-refractivity contribution < 1.29 is 22.4 Å². The fourth-order valence-electron chi connectivity index (χ4n) is 4.68. The number of urea groups is 1. The number of nitrogens with zero attached hydrogens (tertiary/aromatic N) is 3. The van der Waals surface area contributed by atoms with Crippen molar-refractivity contribution in [3.8, 4) is 6.07 Å². The summed E-state index contributed by atoms with van der Waals surface area (Å²) in [6.07, 6.45) is -1.80. The van der Waals surface area contributed by atoms with Crippen LogP contribution >= 0.6 is 12.2 Å². The van der Waals surface area contributed by atoms with Crippen LogP contribution in [-0.2, 0) is 6.18 Å². The minimum atomic E-state index is -4.74. The zero-order chi connectivity index (χ0) is 23.9. The van der Waals surface area contributed by atoms with Gasteiger partial charge in [0.05, 0.1) is 29.3 Å². The Morgan fingerprint density at radius 1 is 1.09 bits per heavy atom. The van der Waals surface area contributed by atoms with Crippen molar-refractivity contribution in [2.75, 3.05) is 16.8 Å².